The quantitative estimate of drug-likeness (QED) is 0.257. The molecule has 0 aromatic heterocycles. The lowest BCUT2D eigenvalue weighted by Crippen LogP contribution is -2.24. The van der Waals surface area contributed by atoms with Crippen LogP contribution >= 0.6 is 0 Å². The van der Waals surface area contributed by atoms with Crippen LogP contribution in [0.1, 0.15) is 34.0 Å². The summed E-state index contributed by atoms with van der Waals surface area (Å²) in [6.45, 7) is 3.90. The number of benzene rings is 3. The molecule has 0 saturated carbocycles. The molecular formula is C25H24N2O4. The molecule has 158 valence electrons. The van der Waals surface area contributed by atoms with Crippen molar-refractivity contribution in [1.29, 1.82) is 0 Å². The van der Waals surface area contributed by atoms with Crippen molar-refractivity contribution in [2.24, 2.45) is 5.10 Å². The Bertz CT molecular complexity index is 1040. The number of hydrogen-bond donors (Lipinski definition) is 1. The molecule has 3 aromatic rings. The standard InChI is InChI=1S/C25H24N2O4/c1-3-19-6-12-22(13-7-19)30-17-24(28)27-26-16-20-8-14-23(15-9-20)31-25(29)21-10-4-18(2)5-11-21/h4-16H,3,17H2,1-2H3,(H,27,28)/b26-16-. The fraction of sp³-hybridized carbons (Fsp3) is 0.160. The molecule has 0 aliphatic carbocycles. The van der Waals surface area contributed by atoms with Crippen molar-refractivity contribution >= 4 is 18.1 Å². The van der Waals surface area contributed by atoms with Gasteiger partial charge in [0.1, 0.15) is 11.5 Å². The fourth-order valence-corrected chi connectivity index (χ4v) is 2.66. The summed E-state index contributed by atoms with van der Waals surface area (Å²) in [6, 6.07) is 21.6. The van der Waals surface area contributed by atoms with E-state index in [9.17, 15) is 9.59 Å². The van der Waals surface area contributed by atoms with Crippen LogP contribution in [-0.2, 0) is 11.2 Å². The molecule has 3 aromatic carbocycles. The number of carbonyl (C=O) groups excluding carboxylic acids is 2. The average molecular weight is 416 g/mol. The van der Waals surface area contributed by atoms with Crippen molar-refractivity contribution in [1.82, 2.24) is 5.43 Å². The molecule has 0 unspecified atom stereocenters. The monoisotopic (exact) mass is 416 g/mol. The SMILES string of the molecule is CCc1ccc(OCC(=O)N/N=C\c2ccc(OC(=O)c3ccc(C)cc3)cc2)cc1. The zero-order chi connectivity index (χ0) is 22.1. The second-order valence-corrected chi connectivity index (χ2v) is 6.90. The van der Waals surface area contributed by atoms with Crippen LogP contribution < -0.4 is 14.9 Å². The minimum atomic E-state index is -0.419. The van der Waals surface area contributed by atoms with Crippen LogP contribution in [0.3, 0.4) is 0 Å². The third-order valence-corrected chi connectivity index (χ3v) is 4.48. The van der Waals surface area contributed by atoms with E-state index in [2.05, 4.69) is 17.5 Å². The maximum Gasteiger partial charge on any atom is 0.343 e. The normalized spacial score (nSPS) is 10.6. The summed E-state index contributed by atoms with van der Waals surface area (Å²) < 4.78 is 10.8. The predicted octanol–water partition coefficient (Wildman–Crippen LogP) is 4.31. The summed E-state index contributed by atoms with van der Waals surface area (Å²) in [7, 11) is 0. The number of aryl methyl sites for hydroxylation is 2. The van der Waals surface area contributed by atoms with Crippen molar-refractivity contribution in [3.63, 3.8) is 0 Å². The molecule has 3 rings (SSSR count). The Hall–Kier alpha value is -3.93. The van der Waals surface area contributed by atoms with E-state index in [0.29, 0.717) is 17.1 Å². The Kier molecular flexibility index (Phi) is 7.54. The maximum absolute atomic E-state index is 12.1. The molecule has 0 fully saturated rings. The van der Waals surface area contributed by atoms with Gasteiger partial charge in [0.25, 0.3) is 5.91 Å². The highest BCUT2D eigenvalue weighted by atomic mass is 16.5. The Balaban J connectivity index is 1.44. The van der Waals surface area contributed by atoms with Gasteiger partial charge in [0, 0.05) is 0 Å². The van der Waals surface area contributed by atoms with Gasteiger partial charge in [-0.1, -0.05) is 36.8 Å². The summed E-state index contributed by atoms with van der Waals surface area (Å²) in [6.07, 6.45) is 2.45. The first-order valence-electron chi connectivity index (χ1n) is 9.96. The second kappa shape index (κ2) is 10.7. The zero-order valence-corrected chi connectivity index (χ0v) is 17.5. The summed E-state index contributed by atoms with van der Waals surface area (Å²) >= 11 is 0. The Morgan fingerprint density at radius 1 is 0.903 bits per heavy atom. The fourth-order valence-electron chi connectivity index (χ4n) is 2.66. The first kappa shape index (κ1) is 21.8. The third kappa shape index (κ3) is 6.82. The molecule has 31 heavy (non-hydrogen) atoms. The van der Waals surface area contributed by atoms with Crippen molar-refractivity contribution in [3.8, 4) is 11.5 Å². The van der Waals surface area contributed by atoms with E-state index in [1.807, 2.05) is 43.3 Å². The second-order valence-electron chi connectivity index (χ2n) is 6.90. The molecular weight excluding hydrogens is 392 g/mol. The third-order valence-electron chi connectivity index (χ3n) is 4.48. The van der Waals surface area contributed by atoms with Crippen molar-refractivity contribution in [2.75, 3.05) is 6.61 Å². The van der Waals surface area contributed by atoms with E-state index in [1.54, 1.807) is 36.4 Å². The highest BCUT2D eigenvalue weighted by Gasteiger charge is 2.08. The van der Waals surface area contributed by atoms with Crippen LogP contribution in [0.15, 0.2) is 77.9 Å². The summed E-state index contributed by atoms with van der Waals surface area (Å²) in [5.41, 5.74) is 5.93. The Labute approximate surface area is 181 Å². The zero-order valence-electron chi connectivity index (χ0n) is 17.5. The first-order chi connectivity index (χ1) is 15.0. The minimum absolute atomic E-state index is 0.128. The molecule has 0 saturated heterocycles. The lowest BCUT2D eigenvalue weighted by atomic mass is 10.1. The summed E-state index contributed by atoms with van der Waals surface area (Å²) in [4.78, 5) is 24.0. The molecule has 0 atom stereocenters. The van der Waals surface area contributed by atoms with Crippen LogP contribution in [0.2, 0.25) is 0 Å². The van der Waals surface area contributed by atoms with Gasteiger partial charge < -0.3 is 9.47 Å². The molecule has 6 nitrogen and oxygen atoms in total. The number of amides is 1. The number of rotatable bonds is 8. The molecule has 0 aliphatic rings. The van der Waals surface area contributed by atoms with E-state index in [4.69, 9.17) is 9.47 Å². The van der Waals surface area contributed by atoms with Crippen molar-refractivity contribution in [2.45, 2.75) is 20.3 Å². The molecule has 1 N–H and O–H groups in total. The van der Waals surface area contributed by atoms with Gasteiger partial charge in [-0.3, -0.25) is 4.79 Å². The number of nitrogens with zero attached hydrogens (tertiary/aromatic N) is 1. The van der Waals surface area contributed by atoms with E-state index in [-0.39, 0.29) is 12.5 Å². The average Bonchev–Trinajstić information content (AvgIpc) is 2.79. The van der Waals surface area contributed by atoms with Gasteiger partial charge in [-0.05, 0) is 73.0 Å². The van der Waals surface area contributed by atoms with Crippen LogP contribution in [0.5, 0.6) is 11.5 Å². The largest absolute Gasteiger partial charge is 0.484 e. The van der Waals surface area contributed by atoms with Gasteiger partial charge >= 0.3 is 5.97 Å². The van der Waals surface area contributed by atoms with Crippen molar-refractivity contribution in [3.05, 3.63) is 95.1 Å². The van der Waals surface area contributed by atoms with Crippen LogP contribution in [0.4, 0.5) is 0 Å². The Morgan fingerprint density at radius 3 is 2.19 bits per heavy atom. The van der Waals surface area contributed by atoms with Gasteiger partial charge in [-0.15, -0.1) is 0 Å². The number of hydrazone groups is 1. The van der Waals surface area contributed by atoms with Gasteiger partial charge in [-0.2, -0.15) is 5.10 Å². The highest BCUT2D eigenvalue weighted by Crippen LogP contribution is 2.14. The Morgan fingerprint density at radius 2 is 1.55 bits per heavy atom. The summed E-state index contributed by atoms with van der Waals surface area (Å²) in [5, 5.41) is 3.92. The number of nitrogens with one attached hydrogen (secondary N) is 1. The topological polar surface area (TPSA) is 77.0 Å². The first-order valence-corrected chi connectivity index (χ1v) is 9.96. The van der Waals surface area contributed by atoms with Gasteiger partial charge in [0.05, 0.1) is 11.8 Å². The van der Waals surface area contributed by atoms with Crippen molar-refractivity contribution < 1.29 is 19.1 Å². The number of esters is 1. The maximum atomic E-state index is 12.1. The van der Waals surface area contributed by atoms with E-state index < -0.39 is 5.97 Å². The van der Waals surface area contributed by atoms with Crippen LogP contribution in [-0.4, -0.2) is 24.7 Å². The molecule has 0 spiro atoms. The number of carbonyl (C=O) groups is 2. The van der Waals surface area contributed by atoms with Crippen LogP contribution in [0, 0.1) is 6.92 Å². The number of ether oxygens (including phenoxy) is 2. The molecule has 0 bridgehead atoms. The smallest absolute Gasteiger partial charge is 0.343 e. The van der Waals surface area contributed by atoms with Gasteiger partial charge in [0.15, 0.2) is 6.61 Å². The minimum Gasteiger partial charge on any atom is -0.484 e. The molecule has 0 aliphatic heterocycles. The molecule has 1 amide bonds. The highest BCUT2D eigenvalue weighted by molar-refractivity contribution is 5.91. The van der Waals surface area contributed by atoms with Crippen LogP contribution in [0.25, 0.3) is 0 Å². The van der Waals surface area contributed by atoms with E-state index >= 15 is 0 Å². The number of hydrogen-bond acceptors (Lipinski definition) is 5. The summed E-state index contributed by atoms with van der Waals surface area (Å²) in [5.74, 6) is 0.277. The molecule has 0 heterocycles. The lowest BCUT2D eigenvalue weighted by Gasteiger charge is -2.06. The van der Waals surface area contributed by atoms with E-state index in [0.717, 1.165) is 17.5 Å². The molecule has 0 radical (unpaired) electrons. The van der Waals surface area contributed by atoms with E-state index in [1.165, 1.54) is 11.8 Å². The van der Waals surface area contributed by atoms with Gasteiger partial charge in [0.2, 0.25) is 0 Å². The lowest BCUT2D eigenvalue weighted by molar-refractivity contribution is -0.123. The van der Waals surface area contributed by atoms with Gasteiger partial charge in [-0.25, -0.2) is 10.2 Å². The molecule has 6 heteroatoms. The predicted molar refractivity (Wildman–Crippen MR) is 120 cm³/mol.